The van der Waals surface area contributed by atoms with Gasteiger partial charge in [-0.1, -0.05) is 23.2 Å². The van der Waals surface area contributed by atoms with E-state index in [0.717, 1.165) is 0 Å². The molecule has 24 heavy (non-hydrogen) atoms. The van der Waals surface area contributed by atoms with Gasteiger partial charge in [0.05, 0.1) is 10.0 Å². The van der Waals surface area contributed by atoms with Crippen LogP contribution in [-0.2, 0) is 4.79 Å². The highest BCUT2D eigenvalue weighted by Gasteiger charge is 2.53. The van der Waals surface area contributed by atoms with Gasteiger partial charge in [0, 0.05) is 12.5 Å². The number of carbonyl (C=O) groups excluding carboxylic acids is 1. The van der Waals surface area contributed by atoms with Crippen LogP contribution in [-0.4, -0.2) is 46.9 Å². The number of hydrogen-bond acceptors (Lipinski definition) is 4. The van der Waals surface area contributed by atoms with E-state index in [1.807, 2.05) is 0 Å². The average Bonchev–Trinajstić information content (AvgIpc) is 2.88. The fourth-order valence-electron chi connectivity index (χ4n) is 1.93. The molecule has 0 spiro atoms. The lowest BCUT2D eigenvalue weighted by Gasteiger charge is -2.29. The van der Waals surface area contributed by atoms with Crippen LogP contribution in [0.1, 0.15) is 6.42 Å². The molecule has 1 unspecified atom stereocenters. The first-order valence-electron chi connectivity index (χ1n) is 6.42. The minimum atomic E-state index is -3.49. The molecule has 2 rings (SSSR count). The molecule has 1 amide bonds. The normalized spacial score (nSPS) is 20.7. The topological polar surface area (TPSA) is 62.1 Å². The van der Waals surface area contributed by atoms with Crippen molar-refractivity contribution >= 4 is 34.8 Å². The number of ether oxygens (including phenoxy) is 1. The van der Waals surface area contributed by atoms with E-state index in [0.29, 0.717) is 0 Å². The molecule has 132 valence electrons. The molecule has 1 heterocycles. The van der Waals surface area contributed by atoms with Gasteiger partial charge in [-0.25, -0.2) is 17.6 Å². The number of aliphatic hydroxyl groups is 1. The van der Waals surface area contributed by atoms with Crippen LogP contribution in [0.3, 0.4) is 0 Å². The summed E-state index contributed by atoms with van der Waals surface area (Å²) in [7, 11) is 0. The fourth-order valence-corrected chi connectivity index (χ4v) is 2.21. The van der Waals surface area contributed by atoms with Gasteiger partial charge < -0.3 is 9.84 Å². The van der Waals surface area contributed by atoms with Gasteiger partial charge in [-0.05, 0) is 12.1 Å². The van der Waals surface area contributed by atoms with E-state index in [1.165, 1.54) is 18.2 Å². The average molecular weight is 389 g/mol. The van der Waals surface area contributed by atoms with E-state index in [4.69, 9.17) is 27.9 Å². The molecule has 0 saturated heterocycles. The van der Waals surface area contributed by atoms with Gasteiger partial charge in [-0.3, -0.25) is 4.79 Å². The molecule has 0 aliphatic carbocycles. The molecule has 1 N–H and O–H groups in total. The smallest absolute Gasteiger partial charge is 0.287 e. The van der Waals surface area contributed by atoms with E-state index in [-0.39, 0.29) is 20.8 Å². The van der Waals surface area contributed by atoms with Gasteiger partial charge in [-0.15, -0.1) is 0 Å². The van der Waals surface area contributed by atoms with Crippen molar-refractivity contribution in [2.75, 3.05) is 6.61 Å². The van der Waals surface area contributed by atoms with Crippen LogP contribution in [0.2, 0.25) is 10.0 Å². The fraction of sp³-hybridized carbons (Fsp3) is 0.385. The number of rotatable bonds is 5. The van der Waals surface area contributed by atoms with E-state index < -0.39 is 43.2 Å². The maximum absolute atomic E-state index is 13.0. The van der Waals surface area contributed by atoms with E-state index in [1.54, 1.807) is 0 Å². The third-order valence-corrected chi connectivity index (χ3v) is 3.87. The third kappa shape index (κ3) is 3.73. The summed E-state index contributed by atoms with van der Waals surface area (Å²) in [4.78, 5) is 12.0. The molecule has 0 saturated carbocycles. The van der Waals surface area contributed by atoms with Gasteiger partial charge in [-0.2, -0.15) is 10.1 Å². The molecule has 0 fully saturated rings. The van der Waals surface area contributed by atoms with Crippen molar-refractivity contribution in [3.8, 4) is 5.75 Å². The first-order chi connectivity index (χ1) is 11.1. The lowest BCUT2D eigenvalue weighted by atomic mass is 10.1. The number of nitrogens with zero attached hydrogens (tertiary/aromatic N) is 2. The second kappa shape index (κ2) is 7.12. The second-order valence-corrected chi connectivity index (χ2v) is 5.63. The van der Waals surface area contributed by atoms with Crippen LogP contribution in [0, 0.1) is 0 Å². The third-order valence-electron chi connectivity index (χ3n) is 3.13. The Labute approximate surface area is 143 Å². The number of halogens is 6. The Balaban J connectivity index is 2.12. The van der Waals surface area contributed by atoms with Gasteiger partial charge in [0.15, 0.2) is 6.61 Å². The zero-order valence-corrected chi connectivity index (χ0v) is 13.2. The highest BCUT2D eigenvalue weighted by molar-refractivity contribution is 6.42. The SMILES string of the molecule is O=C(COc1ccc(Cl)c(Cl)c1)N1N=C(C(F)F)CC1(O)C(F)F. The Morgan fingerprint density at radius 1 is 1.33 bits per heavy atom. The Hall–Kier alpha value is -1.58. The summed E-state index contributed by atoms with van der Waals surface area (Å²) in [6, 6.07) is 4.01. The van der Waals surface area contributed by atoms with E-state index in [9.17, 15) is 27.5 Å². The zero-order valence-electron chi connectivity index (χ0n) is 11.7. The monoisotopic (exact) mass is 388 g/mol. The predicted molar refractivity (Wildman–Crippen MR) is 77.8 cm³/mol. The number of hydrazone groups is 1. The van der Waals surface area contributed by atoms with Crippen LogP contribution >= 0.6 is 23.2 Å². The molecule has 1 aromatic carbocycles. The van der Waals surface area contributed by atoms with Gasteiger partial charge in [0.2, 0.25) is 5.72 Å². The number of alkyl halides is 4. The predicted octanol–water partition coefficient (Wildman–Crippen LogP) is 3.18. The molecule has 0 aromatic heterocycles. The molecule has 1 aliphatic rings. The summed E-state index contributed by atoms with van der Waals surface area (Å²) in [5.74, 6) is -1.13. The number of hydrogen-bond donors (Lipinski definition) is 1. The molecule has 1 aliphatic heterocycles. The molecule has 5 nitrogen and oxygen atoms in total. The standard InChI is InChI=1S/C13H10Cl2F4N2O3/c14-7-2-1-6(3-8(7)15)24-5-10(22)21-13(23,12(18)19)4-9(20-21)11(16)17/h1-3,11-12,23H,4-5H2. The summed E-state index contributed by atoms with van der Waals surface area (Å²) < 4.78 is 56.3. The summed E-state index contributed by atoms with van der Waals surface area (Å²) in [6.45, 7) is -0.826. The summed E-state index contributed by atoms with van der Waals surface area (Å²) in [5, 5.41) is 13.2. The maximum Gasteiger partial charge on any atom is 0.287 e. The minimum absolute atomic E-state index is 0.0727. The van der Waals surface area contributed by atoms with Crippen molar-refractivity contribution in [2.24, 2.45) is 5.10 Å². The van der Waals surface area contributed by atoms with E-state index in [2.05, 4.69) is 5.10 Å². The molecular weight excluding hydrogens is 379 g/mol. The van der Waals surface area contributed by atoms with Crippen LogP contribution in [0.15, 0.2) is 23.3 Å². The van der Waals surface area contributed by atoms with Crippen molar-refractivity contribution in [2.45, 2.75) is 25.0 Å². The largest absolute Gasteiger partial charge is 0.484 e. The number of amides is 1. The minimum Gasteiger partial charge on any atom is -0.484 e. The quantitative estimate of drug-likeness (QED) is 0.788. The van der Waals surface area contributed by atoms with Crippen molar-refractivity contribution in [3.63, 3.8) is 0 Å². The van der Waals surface area contributed by atoms with Crippen LogP contribution < -0.4 is 4.74 Å². The molecule has 0 bridgehead atoms. The van der Waals surface area contributed by atoms with Crippen LogP contribution in [0.4, 0.5) is 17.6 Å². The lowest BCUT2D eigenvalue weighted by molar-refractivity contribution is -0.193. The van der Waals surface area contributed by atoms with Crippen molar-refractivity contribution in [1.82, 2.24) is 5.01 Å². The molecule has 0 radical (unpaired) electrons. The van der Waals surface area contributed by atoms with Crippen LogP contribution in [0.5, 0.6) is 5.75 Å². The molecule has 11 heteroatoms. The Kier molecular flexibility index (Phi) is 5.56. The van der Waals surface area contributed by atoms with Gasteiger partial charge >= 0.3 is 0 Å². The summed E-state index contributed by atoms with van der Waals surface area (Å²) >= 11 is 11.4. The highest BCUT2D eigenvalue weighted by Crippen LogP contribution is 2.33. The first kappa shape index (κ1) is 18.8. The number of benzene rings is 1. The van der Waals surface area contributed by atoms with Crippen molar-refractivity contribution in [3.05, 3.63) is 28.2 Å². The first-order valence-corrected chi connectivity index (χ1v) is 7.17. The van der Waals surface area contributed by atoms with Crippen molar-refractivity contribution in [1.29, 1.82) is 0 Å². The Bertz CT molecular complexity index is 675. The van der Waals surface area contributed by atoms with Crippen molar-refractivity contribution < 1.29 is 32.2 Å². The van der Waals surface area contributed by atoms with Gasteiger partial charge in [0.1, 0.15) is 11.5 Å². The Morgan fingerprint density at radius 3 is 2.54 bits per heavy atom. The highest BCUT2D eigenvalue weighted by atomic mass is 35.5. The molecule has 1 atom stereocenters. The zero-order chi connectivity index (χ0) is 18.1. The van der Waals surface area contributed by atoms with Gasteiger partial charge in [0.25, 0.3) is 18.8 Å². The second-order valence-electron chi connectivity index (χ2n) is 4.82. The number of carbonyl (C=O) groups is 1. The summed E-state index contributed by atoms with van der Waals surface area (Å²) in [5.41, 5.74) is -4.15. The summed E-state index contributed by atoms with van der Waals surface area (Å²) in [6.07, 6.45) is -7.82. The van der Waals surface area contributed by atoms with Crippen LogP contribution in [0.25, 0.3) is 0 Å². The maximum atomic E-state index is 13.0. The van der Waals surface area contributed by atoms with E-state index >= 15 is 0 Å². The molecular formula is C13H10Cl2F4N2O3. The Morgan fingerprint density at radius 2 is 2.00 bits per heavy atom. The lowest BCUT2D eigenvalue weighted by Crippen LogP contribution is -2.52. The molecule has 1 aromatic rings.